The maximum absolute atomic E-state index is 12.6. The van der Waals surface area contributed by atoms with Crippen LogP contribution in [0.4, 0.5) is 5.82 Å². The molecule has 0 bridgehead atoms. The molecule has 0 saturated carbocycles. The van der Waals surface area contributed by atoms with E-state index >= 15 is 0 Å². The van der Waals surface area contributed by atoms with Crippen molar-refractivity contribution < 1.29 is 9.53 Å². The minimum atomic E-state index is -0.0194. The first-order valence-electron chi connectivity index (χ1n) is 10.5. The SMILES string of the molecule is Cc1cccc(OCC(=O)N2CCN(c3ncnc4c3nnn4-c3ccccc3)CC2)c1. The topological polar surface area (TPSA) is 89.3 Å². The molecule has 4 aromatic rings. The highest BCUT2D eigenvalue weighted by Gasteiger charge is 2.25. The van der Waals surface area contributed by atoms with Crippen LogP contribution in [0.5, 0.6) is 5.75 Å². The van der Waals surface area contributed by atoms with Crippen molar-refractivity contribution in [3.05, 3.63) is 66.5 Å². The summed E-state index contributed by atoms with van der Waals surface area (Å²) in [6, 6.07) is 17.5. The van der Waals surface area contributed by atoms with Gasteiger partial charge in [-0.3, -0.25) is 4.79 Å². The van der Waals surface area contributed by atoms with Crippen LogP contribution in [0.2, 0.25) is 0 Å². The third kappa shape index (κ3) is 3.96. The maximum atomic E-state index is 12.6. The number of anilines is 1. The highest BCUT2D eigenvalue weighted by molar-refractivity contribution is 5.84. The number of nitrogens with zero attached hydrogens (tertiary/aromatic N) is 7. The highest BCUT2D eigenvalue weighted by Crippen LogP contribution is 2.23. The number of hydrogen-bond donors (Lipinski definition) is 0. The van der Waals surface area contributed by atoms with Crippen LogP contribution in [0, 0.1) is 6.92 Å². The van der Waals surface area contributed by atoms with E-state index in [-0.39, 0.29) is 12.5 Å². The molecule has 1 aliphatic heterocycles. The van der Waals surface area contributed by atoms with Gasteiger partial charge in [-0.05, 0) is 36.8 Å². The molecular formula is C23H23N7O2. The van der Waals surface area contributed by atoms with E-state index < -0.39 is 0 Å². The van der Waals surface area contributed by atoms with E-state index in [0.717, 1.165) is 17.1 Å². The molecule has 0 radical (unpaired) electrons. The van der Waals surface area contributed by atoms with E-state index in [1.54, 1.807) is 4.68 Å². The second-order valence-corrected chi connectivity index (χ2v) is 7.68. The second-order valence-electron chi connectivity index (χ2n) is 7.68. The lowest BCUT2D eigenvalue weighted by Crippen LogP contribution is -2.50. The molecule has 0 N–H and O–H groups in total. The van der Waals surface area contributed by atoms with Gasteiger partial charge >= 0.3 is 0 Å². The van der Waals surface area contributed by atoms with Gasteiger partial charge in [0, 0.05) is 26.2 Å². The van der Waals surface area contributed by atoms with E-state index in [0.29, 0.717) is 43.1 Å². The Morgan fingerprint density at radius 3 is 2.59 bits per heavy atom. The van der Waals surface area contributed by atoms with Crippen molar-refractivity contribution in [1.82, 2.24) is 29.9 Å². The van der Waals surface area contributed by atoms with Crippen LogP contribution in [0.1, 0.15) is 5.56 Å². The fourth-order valence-corrected chi connectivity index (χ4v) is 3.82. The van der Waals surface area contributed by atoms with Gasteiger partial charge in [0.2, 0.25) is 0 Å². The first kappa shape index (κ1) is 19.9. The number of rotatable bonds is 5. The standard InChI is InChI=1S/C23H23N7O2/c1-17-6-5-9-19(14-17)32-15-20(31)28-10-12-29(13-11-28)22-21-23(25-16-24-22)30(27-26-21)18-7-3-2-4-8-18/h2-9,14,16H,10-13,15H2,1H3. The van der Waals surface area contributed by atoms with Crippen LogP contribution in [0.15, 0.2) is 60.9 Å². The van der Waals surface area contributed by atoms with E-state index in [9.17, 15) is 4.79 Å². The molecule has 0 atom stereocenters. The Balaban J connectivity index is 1.25. The molecule has 32 heavy (non-hydrogen) atoms. The second kappa shape index (κ2) is 8.62. The van der Waals surface area contributed by atoms with Crippen molar-refractivity contribution in [2.24, 2.45) is 0 Å². The third-order valence-corrected chi connectivity index (χ3v) is 5.50. The lowest BCUT2D eigenvalue weighted by Gasteiger charge is -2.35. The summed E-state index contributed by atoms with van der Waals surface area (Å²) in [5.41, 5.74) is 3.30. The molecule has 2 aromatic carbocycles. The Kier molecular flexibility index (Phi) is 5.37. The number of benzene rings is 2. The lowest BCUT2D eigenvalue weighted by molar-refractivity contribution is -0.133. The molecule has 1 saturated heterocycles. The Morgan fingerprint density at radius 1 is 1.00 bits per heavy atom. The first-order chi connectivity index (χ1) is 15.7. The Labute approximate surface area is 185 Å². The molecule has 2 aromatic heterocycles. The predicted molar refractivity (Wildman–Crippen MR) is 120 cm³/mol. The van der Waals surface area contributed by atoms with Gasteiger partial charge in [0.25, 0.3) is 5.91 Å². The quantitative estimate of drug-likeness (QED) is 0.481. The summed E-state index contributed by atoms with van der Waals surface area (Å²) in [5.74, 6) is 1.43. The molecule has 9 heteroatoms. The highest BCUT2D eigenvalue weighted by atomic mass is 16.5. The maximum Gasteiger partial charge on any atom is 0.260 e. The van der Waals surface area contributed by atoms with Crippen LogP contribution < -0.4 is 9.64 Å². The van der Waals surface area contributed by atoms with Crippen molar-refractivity contribution in [3.8, 4) is 11.4 Å². The summed E-state index contributed by atoms with van der Waals surface area (Å²) in [5, 5.41) is 8.62. The van der Waals surface area contributed by atoms with Crippen LogP contribution in [0.3, 0.4) is 0 Å². The number of aryl methyl sites for hydroxylation is 1. The third-order valence-electron chi connectivity index (χ3n) is 5.50. The zero-order chi connectivity index (χ0) is 21.9. The molecule has 3 heterocycles. The van der Waals surface area contributed by atoms with E-state index in [2.05, 4.69) is 25.2 Å². The van der Waals surface area contributed by atoms with Gasteiger partial charge in [0.1, 0.15) is 12.1 Å². The van der Waals surface area contributed by atoms with Gasteiger partial charge in [-0.15, -0.1) is 5.10 Å². The van der Waals surface area contributed by atoms with E-state index in [1.165, 1.54) is 6.33 Å². The zero-order valence-electron chi connectivity index (χ0n) is 17.8. The summed E-state index contributed by atoms with van der Waals surface area (Å²) in [6.45, 7) is 4.52. The van der Waals surface area contributed by atoms with Crippen LogP contribution >= 0.6 is 0 Å². The molecule has 1 fully saturated rings. The van der Waals surface area contributed by atoms with Gasteiger partial charge in [-0.1, -0.05) is 35.5 Å². The molecule has 9 nitrogen and oxygen atoms in total. The summed E-state index contributed by atoms with van der Waals surface area (Å²) in [7, 11) is 0. The Morgan fingerprint density at radius 2 is 1.81 bits per heavy atom. The first-order valence-corrected chi connectivity index (χ1v) is 10.5. The van der Waals surface area contributed by atoms with Crippen LogP contribution in [0.25, 0.3) is 16.9 Å². The minimum Gasteiger partial charge on any atom is -0.484 e. The fraction of sp³-hybridized carbons (Fsp3) is 0.261. The number of hydrogen-bond acceptors (Lipinski definition) is 7. The Bertz CT molecular complexity index is 1230. The van der Waals surface area contributed by atoms with Gasteiger partial charge in [-0.2, -0.15) is 4.68 Å². The number of aromatic nitrogens is 5. The van der Waals surface area contributed by atoms with Crippen molar-refractivity contribution in [2.45, 2.75) is 6.92 Å². The predicted octanol–water partition coefficient (Wildman–Crippen LogP) is 2.25. The van der Waals surface area contributed by atoms with Gasteiger partial charge in [0.15, 0.2) is 23.6 Å². The molecule has 162 valence electrons. The monoisotopic (exact) mass is 429 g/mol. The average molecular weight is 429 g/mol. The molecule has 0 aliphatic carbocycles. The van der Waals surface area contributed by atoms with Gasteiger partial charge in [0.05, 0.1) is 5.69 Å². The van der Waals surface area contributed by atoms with Gasteiger partial charge < -0.3 is 14.5 Å². The smallest absolute Gasteiger partial charge is 0.260 e. The van der Waals surface area contributed by atoms with Crippen molar-refractivity contribution in [1.29, 1.82) is 0 Å². The van der Waals surface area contributed by atoms with Crippen LogP contribution in [-0.2, 0) is 4.79 Å². The molecule has 0 unspecified atom stereocenters. The number of fused-ring (bicyclic) bond motifs is 1. The Hall–Kier alpha value is -4.01. The van der Waals surface area contributed by atoms with E-state index in [4.69, 9.17) is 4.74 Å². The molecule has 1 amide bonds. The fourth-order valence-electron chi connectivity index (χ4n) is 3.82. The summed E-state index contributed by atoms with van der Waals surface area (Å²) in [6.07, 6.45) is 1.54. The number of para-hydroxylation sites is 1. The summed E-state index contributed by atoms with van der Waals surface area (Å²) < 4.78 is 7.38. The van der Waals surface area contributed by atoms with E-state index in [1.807, 2.05) is 66.4 Å². The van der Waals surface area contributed by atoms with Crippen molar-refractivity contribution in [2.75, 3.05) is 37.7 Å². The average Bonchev–Trinajstić information content (AvgIpc) is 3.28. The number of carbonyl (C=O) groups is 1. The van der Waals surface area contributed by atoms with Crippen molar-refractivity contribution >= 4 is 22.9 Å². The van der Waals surface area contributed by atoms with Crippen molar-refractivity contribution in [3.63, 3.8) is 0 Å². The summed E-state index contributed by atoms with van der Waals surface area (Å²) >= 11 is 0. The number of ether oxygens (including phenoxy) is 1. The molecule has 1 aliphatic rings. The largest absolute Gasteiger partial charge is 0.484 e. The van der Waals surface area contributed by atoms with Crippen LogP contribution in [-0.4, -0.2) is 68.6 Å². The minimum absolute atomic E-state index is 0.0194. The molecule has 5 rings (SSSR count). The normalized spacial score (nSPS) is 14.0. The molecule has 0 spiro atoms. The number of amides is 1. The number of piperazine rings is 1. The lowest BCUT2D eigenvalue weighted by atomic mass is 10.2. The van der Waals surface area contributed by atoms with Gasteiger partial charge in [-0.25, -0.2) is 9.97 Å². The summed E-state index contributed by atoms with van der Waals surface area (Å²) in [4.78, 5) is 25.4. The zero-order valence-corrected chi connectivity index (χ0v) is 17.8. The molecular weight excluding hydrogens is 406 g/mol. The number of carbonyl (C=O) groups excluding carboxylic acids is 1.